The van der Waals surface area contributed by atoms with Gasteiger partial charge in [0, 0.05) is 31.9 Å². The predicted molar refractivity (Wildman–Crippen MR) is 70.1 cm³/mol. The Bertz CT molecular complexity index is 595. The standard InChI is InChI=1S/C12H14ClN5/c13-9-1-2-11-15-12(16-18(11)7-9)17-4-3-8-5-14-6-10(8)17/h1-2,7-8,10,14H,3-6H2/t8-,10+/m0/s1. The van der Waals surface area contributed by atoms with Crippen LogP contribution in [0.25, 0.3) is 5.65 Å². The number of fused-ring (bicyclic) bond motifs is 2. The second-order valence-corrected chi connectivity index (χ2v) is 5.47. The Hall–Kier alpha value is -1.33. The van der Waals surface area contributed by atoms with E-state index in [9.17, 15) is 0 Å². The molecule has 0 bridgehead atoms. The highest BCUT2D eigenvalue weighted by Gasteiger charge is 2.39. The Kier molecular flexibility index (Phi) is 2.25. The summed E-state index contributed by atoms with van der Waals surface area (Å²) in [6, 6.07) is 4.30. The Labute approximate surface area is 110 Å². The first-order valence-corrected chi connectivity index (χ1v) is 6.68. The van der Waals surface area contributed by atoms with E-state index in [1.165, 1.54) is 6.42 Å². The van der Waals surface area contributed by atoms with Gasteiger partial charge in [0.05, 0.1) is 5.02 Å². The van der Waals surface area contributed by atoms with E-state index >= 15 is 0 Å². The summed E-state index contributed by atoms with van der Waals surface area (Å²) in [5.41, 5.74) is 0.851. The van der Waals surface area contributed by atoms with E-state index in [0.717, 1.165) is 37.1 Å². The van der Waals surface area contributed by atoms with Crippen LogP contribution in [0.3, 0.4) is 0 Å². The average molecular weight is 264 g/mol. The third-order valence-corrected chi connectivity index (χ3v) is 4.21. The van der Waals surface area contributed by atoms with Crippen LogP contribution in [0.5, 0.6) is 0 Å². The number of rotatable bonds is 1. The topological polar surface area (TPSA) is 45.5 Å². The van der Waals surface area contributed by atoms with Gasteiger partial charge in [-0.15, -0.1) is 5.10 Å². The lowest BCUT2D eigenvalue weighted by atomic mass is 10.1. The summed E-state index contributed by atoms with van der Waals surface area (Å²) in [4.78, 5) is 6.91. The minimum Gasteiger partial charge on any atom is -0.335 e. The van der Waals surface area contributed by atoms with Crippen molar-refractivity contribution in [2.45, 2.75) is 12.5 Å². The van der Waals surface area contributed by atoms with Gasteiger partial charge in [0.25, 0.3) is 0 Å². The summed E-state index contributed by atoms with van der Waals surface area (Å²) in [6.07, 6.45) is 3.03. The molecule has 18 heavy (non-hydrogen) atoms. The molecular formula is C12H14ClN5. The SMILES string of the molecule is Clc1ccc2nc(N3CC[C@H]4CNC[C@H]43)nn2c1. The summed E-state index contributed by atoms with van der Waals surface area (Å²) in [5, 5.41) is 8.66. The molecule has 4 heterocycles. The fourth-order valence-corrected chi connectivity index (χ4v) is 3.22. The maximum absolute atomic E-state index is 5.96. The second kappa shape index (κ2) is 3.83. The first kappa shape index (κ1) is 10.6. The first-order chi connectivity index (χ1) is 8.81. The molecule has 0 aliphatic carbocycles. The zero-order chi connectivity index (χ0) is 12.1. The van der Waals surface area contributed by atoms with E-state index in [1.807, 2.05) is 12.1 Å². The van der Waals surface area contributed by atoms with Crippen LogP contribution in [-0.2, 0) is 0 Å². The van der Waals surface area contributed by atoms with Crippen LogP contribution >= 0.6 is 11.6 Å². The minimum absolute atomic E-state index is 0.554. The molecule has 1 N–H and O–H groups in total. The van der Waals surface area contributed by atoms with Gasteiger partial charge >= 0.3 is 0 Å². The Balaban J connectivity index is 1.74. The van der Waals surface area contributed by atoms with Crippen molar-refractivity contribution in [1.82, 2.24) is 19.9 Å². The normalized spacial score (nSPS) is 27.1. The van der Waals surface area contributed by atoms with Crippen molar-refractivity contribution in [3.05, 3.63) is 23.4 Å². The van der Waals surface area contributed by atoms with E-state index < -0.39 is 0 Å². The quantitative estimate of drug-likeness (QED) is 0.839. The number of hydrogen-bond donors (Lipinski definition) is 1. The number of anilines is 1. The number of aromatic nitrogens is 3. The molecule has 0 spiro atoms. The summed E-state index contributed by atoms with van der Waals surface area (Å²) < 4.78 is 1.76. The second-order valence-electron chi connectivity index (χ2n) is 5.03. The molecule has 2 aliphatic rings. The molecule has 2 fully saturated rings. The van der Waals surface area contributed by atoms with Crippen molar-refractivity contribution in [3.8, 4) is 0 Å². The van der Waals surface area contributed by atoms with Crippen LogP contribution in [-0.4, -0.2) is 40.3 Å². The number of hydrogen-bond acceptors (Lipinski definition) is 4. The molecule has 0 amide bonds. The molecule has 0 aromatic carbocycles. The van der Waals surface area contributed by atoms with Crippen LogP contribution in [0, 0.1) is 5.92 Å². The Morgan fingerprint density at radius 3 is 3.22 bits per heavy atom. The van der Waals surface area contributed by atoms with E-state index in [0.29, 0.717) is 11.1 Å². The molecule has 2 saturated heterocycles. The molecular weight excluding hydrogens is 250 g/mol. The van der Waals surface area contributed by atoms with Crippen molar-refractivity contribution in [2.24, 2.45) is 5.92 Å². The molecule has 94 valence electrons. The molecule has 0 radical (unpaired) electrons. The number of nitrogens with one attached hydrogen (secondary N) is 1. The highest BCUT2D eigenvalue weighted by atomic mass is 35.5. The van der Waals surface area contributed by atoms with Crippen molar-refractivity contribution in [1.29, 1.82) is 0 Å². The van der Waals surface area contributed by atoms with Crippen LogP contribution < -0.4 is 10.2 Å². The van der Waals surface area contributed by atoms with Gasteiger partial charge in [0.2, 0.25) is 5.95 Å². The van der Waals surface area contributed by atoms with Crippen LogP contribution in [0.15, 0.2) is 18.3 Å². The van der Waals surface area contributed by atoms with Gasteiger partial charge < -0.3 is 10.2 Å². The fraction of sp³-hybridized carbons (Fsp3) is 0.500. The first-order valence-electron chi connectivity index (χ1n) is 6.30. The average Bonchev–Trinajstić information content (AvgIpc) is 3.00. The molecule has 2 aliphatic heterocycles. The Morgan fingerprint density at radius 1 is 1.33 bits per heavy atom. The zero-order valence-corrected chi connectivity index (χ0v) is 10.6. The van der Waals surface area contributed by atoms with Gasteiger partial charge in [-0.1, -0.05) is 11.6 Å². The molecule has 5 nitrogen and oxygen atoms in total. The molecule has 2 aromatic heterocycles. The number of halogens is 1. The van der Waals surface area contributed by atoms with Gasteiger partial charge in [-0.05, 0) is 24.5 Å². The highest BCUT2D eigenvalue weighted by molar-refractivity contribution is 6.30. The van der Waals surface area contributed by atoms with Crippen LogP contribution in [0.2, 0.25) is 5.02 Å². The molecule has 2 atom stereocenters. The van der Waals surface area contributed by atoms with Crippen molar-refractivity contribution in [3.63, 3.8) is 0 Å². The summed E-state index contributed by atoms with van der Waals surface area (Å²) in [6.45, 7) is 3.23. The van der Waals surface area contributed by atoms with Crippen molar-refractivity contribution in [2.75, 3.05) is 24.5 Å². The van der Waals surface area contributed by atoms with E-state index in [-0.39, 0.29) is 0 Å². The Morgan fingerprint density at radius 2 is 2.28 bits per heavy atom. The monoisotopic (exact) mass is 263 g/mol. The summed E-state index contributed by atoms with van der Waals surface area (Å²) >= 11 is 5.96. The van der Waals surface area contributed by atoms with Crippen LogP contribution in [0.1, 0.15) is 6.42 Å². The number of pyridine rings is 1. The maximum Gasteiger partial charge on any atom is 0.245 e. The van der Waals surface area contributed by atoms with Gasteiger partial charge in [-0.2, -0.15) is 4.98 Å². The lowest BCUT2D eigenvalue weighted by Crippen LogP contribution is -2.34. The molecule has 0 unspecified atom stereocenters. The third kappa shape index (κ3) is 1.51. The van der Waals surface area contributed by atoms with Gasteiger partial charge in [0.15, 0.2) is 5.65 Å². The lowest BCUT2D eigenvalue weighted by Gasteiger charge is -2.21. The summed E-state index contributed by atoms with van der Waals surface area (Å²) in [5.74, 6) is 1.58. The van der Waals surface area contributed by atoms with E-state index in [4.69, 9.17) is 11.6 Å². The smallest absolute Gasteiger partial charge is 0.245 e. The predicted octanol–water partition coefficient (Wildman–Crippen LogP) is 1.18. The van der Waals surface area contributed by atoms with Crippen molar-refractivity contribution >= 4 is 23.2 Å². The summed E-state index contributed by atoms with van der Waals surface area (Å²) in [7, 11) is 0. The molecule has 0 saturated carbocycles. The number of nitrogens with zero attached hydrogens (tertiary/aromatic N) is 4. The van der Waals surface area contributed by atoms with Gasteiger partial charge in [0.1, 0.15) is 0 Å². The van der Waals surface area contributed by atoms with Crippen molar-refractivity contribution < 1.29 is 0 Å². The lowest BCUT2D eigenvalue weighted by molar-refractivity contribution is 0.576. The highest BCUT2D eigenvalue weighted by Crippen LogP contribution is 2.30. The van der Waals surface area contributed by atoms with Crippen LogP contribution in [0.4, 0.5) is 5.95 Å². The van der Waals surface area contributed by atoms with E-state index in [2.05, 4.69) is 20.3 Å². The molecule has 4 rings (SSSR count). The molecule has 6 heteroatoms. The van der Waals surface area contributed by atoms with E-state index in [1.54, 1.807) is 10.7 Å². The molecule has 2 aromatic rings. The van der Waals surface area contributed by atoms with Gasteiger partial charge in [-0.3, -0.25) is 0 Å². The van der Waals surface area contributed by atoms with Gasteiger partial charge in [-0.25, -0.2) is 4.52 Å². The third-order valence-electron chi connectivity index (χ3n) is 3.99. The fourth-order valence-electron chi connectivity index (χ4n) is 3.07. The minimum atomic E-state index is 0.554. The zero-order valence-electron chi connectivity index (χ0n) is 9.88. The maximum atomic E-state index is 5.96. The largest absolute Gasteiger partial charge is 0.335 e.